The molecule has 84 valence electrons. The predicted molar refractivity (Wildman–Crippen MR) is 63.2 cm³/mol. The van der Waals surface area contributed by atoms with Crippen molar-refractivity contribution in [1.29, 1.82) is 0 Å². The molecule has 15 heavy (non-hydrogen) atoms. The van der Waals surface area contributed by atoms with E-state index in [0.29, 0.717) is 6.04 Å². The number of nitrogens with zero attached hydrogens (tertiary/aromatic N) is 1. The van der Waals surface area contributed by atoms with Gasteiger partial charge in [0.15, 0.2) is 0 Å². The third-order valence-electron chi connectivity index (χ3n) is 3.33. The van der Waals surface area contributed by atoms with Crippen molar-refractivity contribution in [3.05, 3.63) is 11.4 Å². The van der Waals surface area contributed by atoms with Gasteiger partial charge < -0.3 is 5.32 Å². The fourth-order valence-electron chi connectivity index (χ4n) is 2.39. The molecular formula is C12H21N3. The first-order valence-corrected chi connectivity index (χ1v) is 6.05. The molecule has 3 heteroatoms. The number of aromatic amines is 1. The summed E-state index contributed by atoms with van der Waals surface area (Å²) in [5.41, 5.74) is 3.48. The molecular weight excluding hydrogens is 186 g/mol. The Kier molecular flexibility index (Phi) is 3.29. The zero-order valence-corrected chi connectivity index (χ0v) is 9.77. The molecule has 0 bridgehead atoms. The number of nitrogens with one attached hydrogen (secondary N) is 2. The Morgan fingerprint density at radius 1 is 1.13 bits per heavy atom. The lowest BCUT2D eigenvalue weighted by Gasteiger charge is -2.17. The van der Waals surface area contributed by atoms with Gasteiger partial charge in [-0.15, -0.1) is 0 Å². The lowest BCUT2D eigenvalue weighted by atomic mass is 10.1. The largest absolute Gasteiger partial charge is 0.379 e. The molecule has 1 aliphatic carbocycles. The van der Waals surface area contributed by atoms with E-state index < -0.39 is 0 Å². The third-order valence-corrected chi connectivity index (χ3v) is 3.33. The van der Waals surface area contributed by atoms with Crippen molar-refractivity contribution in [1.82, 2.24) is 10.2 Å². The summed E-state index contributed by atoms with van der Waals surface area (Å²) in [5.74, 6) is 0. The van der Waals surface area contributed by atoms with Crippen molar-refractivity contribution in [2.45, 2.75) is 58.4 Å². The van der Waals surface area contributed by atoms with E-state index in [1.54, 1.807) is 0 Å². The lowest BCUT2D eigenvalue weighted by Crippen LogP contribution is -2.18. The maximum Gasteiger partial charge on any atom is 0.0825 e. The van der Waals surface area contributed by atoms with E-state index in [9.17, 15) is 0 Å². The highest BCUT2D eigenvalue weighted by Gasteiger charge is 2.14. The van der Waals surface area contributed by atoms with Crippen molar-refractivity contribution in [2.75, 3.05) is 5.32 Å². The summed E-state index contributed by atoms with van der Waals surface area (Å²) in [6, 6.07) is 0.655. The van der Waals surface area contributed by atoms with Gasteiger partial charge in [0.2, 0.25) is 0 Å². The van der Waals surface area contributed by atoms with Gasteiger partial charge in [-0.3, -0.25) is 5.10 Å². The van der Waals surface area contributed by atoms with Gasteiger partial charge in [0.25, 0.3) is 0 Å². The number of anilines is 1. The molecule has 1 fully saturated rings. The first kappa shape index (κ1) is 10.5. The molecule has 0 saturated heterocycles. The average Bonchev–Trinajstić information content (AvgIpc) is 2.49. The van der Waals surface area contributed by atoms with Gasteiger partial charge in [0.05, 0.1) is 17.1 Å². The SMILES string of the molecule is Cc1n[nH]c(C)c1NC1CCCCCC1. The van der Waals surface area contributed by atoms with Crippen LogP contribution in [0.3, 0.4) is 0 Å². The quantitative estimate of drug-likeness (QED) is 0.731. The standard InChI is InChI=1S/C12H21N3/c1-9-12(10(2)15-14-9)13-11-7-5-3-4-6-8-11/h11,13H,3-8H2,1-2H3,(H,14,15). The van der Waals surface area contributed by atoms with E-state index in [2.05, 4.69) is 29.4 Å². The molecule has 0 aromatic carbocycles. The Morgan fingerprint density at radius 2 is 1.80 bits per heavy atom. The van der Waals surface area contributed by atoms with Crippen molar-refractivity contribution >= 4 is 5.69 Å². The number of H-pyrrole nitrogens is 1. The van der Waals surface area contributed by atoms with Crippen LogP contribution in [0.1, 0.15) is 49.9 Å². The van der Waals surface area contributed by atoms with Gasteiger partial charge in [-0.05, 0) is 26.7 Å². The summed E-state index contributed by atoms with van der Waals surface area (Å²) in [5, 5.41) is 10.9. The van der Waals surface area contributed by atoms with Crippen LogP contribution in [0.5, 0.6) is 0 Å². The van der Waals surface area contributed by atoms with E-state index in [1.165, 1.54) is 44.2 Å². The molecule has 3 nitrogen and oxygen atoms in total. The monoisotopic (exact) mass is 207 g/mol. The minimum absolute atomic E-state index is 0.655. The lowest BCUT2D eigenvalue weighted by molar-refractivity contribution is 0.619. The average molecular weight is 207 g/mol. The van der Waals surface area contributed by atoms with E-state index in [-0.39, 0.29) is 0 Å². The summed E-state index contributed by atoms with van der Waals surface area (Å²) in [7, 11) is 0. The summed E-state index contributed by atoms with van der Waals surface area (Å²) < 4.78 is 0. The van der Waals surface area contributed by atoms with Crippen LogP contribution in [0, 0.1) is 13.8 Å². The Bertz CT molecular complexity index is 289. The maximum atomic E-state index is 4.22. The minimum Gasteiger partial charge on any atom is -0.379 e. The maximum absolute atomic E-state index is 4.22. The van der Waals surface area contributed by atoms with Gasteiger partial charge in [-0.1, -0.05) is 25.7 Å². The summed E-state index contributed by atoms with van der Waals surface area (Å²) in [4.78, 5) is 0. The van der Waals surface area contributed by atoms with Gasteiger partial charge in [-0.25, -0.2) is 0 Å². The summed E-state index contributed by atoms with van der Waals surface area (Å²) in [6.07, 6.45) is 8.17. The van der Waals surface area contributed by atoms with Crippen LogP contribution in [0.15, 0.2) is 0 Å². The van der Waals surface area contributed by atoms with Gasteiger partial charge in [0, 0.05) is 6.04 Å². The van der Waals surface area contributed by atoms with Crippen LogP contribution in [-0.2, 0) is 0 Å². The van der Waals surface area contributed by atoms with E-state index in [4.69, 9.17) is 0 Å². The van der Waals surface area contributed by atoms with Crippen molar-refractivity contribution in [3.8, 4) is 0 Å². The first-order chi connectivity index (χ1) is 7.27. The molecule has 2 N–H and O–H groups in total. The Hall–Kier alpha value is -0.990. The molecule has 1 saturated carbocycles. The number of hydrogen-bond acceptors (Lipinski definition) is 2. The van der Waals surface area contributed by atoms with Crippen LogP contribution in [0.2, 0.25) is 0 Å². The van der Waals surface area contributed by atoms with E-state index in [0.717, 1.165) is 11.4 Å². The highest BCUT2D eigenvalue weighted by atomic mass is 15.2. The molecule has 2 rings (SSSR count). The number of aryl methyl sites for hydroxylation is 2. The fraction of sp³-hybridized carbons (Fsp3) is 0.750. The second kappa shape index (κ2) is 4.69. The molecule has 0 aliphatic heterocycles. The van der Waals surface area contributed by atoms with E-state index in [1.807, 2.05) is 0 Å². The van der Waals surface area contributed by atoms with Crippen LogP contribution in [-0.4, -0.2) is 16.2 Å². The molecule has 1 heterocycles. The summed E-state index contributed by atoms with van der Waals surface area (Å²) in [6.45, 7) is 4.14. The topological polar surface area (TPSA) is 40.7 Å². The normalized spacial score (nSPS) is 18.8. The van der Waals surface area contributed by atoms with Crippen molar-refractivity contribution in [2.24, 2.45) is 0 Å². The second-order valence-corrected chi connectivity index (χ2v) is 4.64. The summed E-state index contributed by atoms with van der Waals surface area (Å²) >= 11 is 0. The highest BCUT2D eigenvalue weighted by molar-refractivity contribution is 5.52. The molecule has 0 atom stereocenters. The van der Waals surface area contributed by atoms with Crippen LogP contribution in [0.4, 0.5) is 5.69 Å². The minimum atomic E-state index is 0.655. The number of rotatable bonds is 2. The number of aromatic nitrogens is 2. The van der Waals surface area contributed by atoms with E-state index >= 15 is 0 Å². The number of hydrogen-bond donors (Lipinski definition) is 2. The molecule has 1 aromatic heterocycles. The second-order valence-electron chi connectivity index (χ2n) is 4.64. The van der Waals surface area contributed by atoms with Crippen molar-refractivity contribution < 1.29 is 0 Å². The Balaban J connectivity index is 2.00. The third kappa shape index (κ3) is 2.52. The van der Waals surface area contributed by atoms with Gasteiger partial charge in [0.1, 0.15) is 0 Å². The predicted octanol–water partition coefficient (Wildman–Crippen LogP) is 3.16. The molecule has 1 aromatic rings. The van der Waals surface area contributed by atoms with Crippen molar-refractivity contribution in [3.63, 3.8) is 0 Å². The zero-order valence-electron chi connectivity index (χ0n) is 9.77. The molecule has 0 amide bonds. The zero-order chi connectivity index (χ0) is 10.7. The van der Waals surface area contributed by atoms with Crippen LogP contribution < -0.4 is 5.32 Å². The Labute approximate surface area is 91.7 Å². The molecule has 0 spiro atoms. The van der Waals surface area contributed by atoms with Gasteiger partial charge >= 0.3 is 0 Å². The highest BCUT2D eigenvalue weighted by Crippen LogP contribution is 2.23. The first-order valence-electron chi connectivity index (χ1n) is 6.05. The molecule has 0 radical (unpaired) electrons. The molecule has 1 aliphatic rings. The van der Waals surface area contributed by atoms with Gasteiger partial charge in [-0.2, -0.15) is 5.10 Å². The smallest absolute Gasteiger partial charge is 0.0825 e. The Morgan fingerprint density at radius 3 is 2.33 bits per heavy atom. The molecule has 0 unspecified atom stereocenters. The van der Waals surface area contributed by atoms with Crippen LogP contribution >= 0.6 is 0 Å². The fourth-order valence-corrected chi connectivity index (χ4v) is 2.39. The van der Waals surface area contributed by atoms with Crippen LogP contribution in [0.25, 0.3) is 0 Å².